The maximum atomic E-state index is 11.5. The summed E-state index contributed by atoms with van der Waals surface area (Å²) >= 11 is 7.94. The zero-order valence-electron chi connectivity index (χ0n) is 22.6. The van der Waals surface area contributed by atoms with Crippen LogP contribution < -0.4 is 0 Å². The van der Waals surface area contributed by atoms with E-state index in [1.165, 1.54) is 16.0 Å². The van der Waals surface area contributed by atoms with Crippen LogP contribution in [0.15, 0.2) is 91.5 Å². The van der Waals surface area contributed by atoms with Crippen molar-refractivity contribution in [1.29, 1.82) is 0 Å². The number of carbonyl (C=O) groups is 1. The van der Waals surface area contributed by atoms with E-state index in [9.17, 15) is 9.90 Å². The van der Waals surface area contributed by atoms with Crippen LogP contribution in [0.25, 0.3) is 33.5 Å². The average Bonchev–Trinajstić information content (AvgIpc) is 3.70. The topological polar surface area (TPSA) is 50.2 Å². The highest BCUT2D eigenvalue weighted by molar-refractivity contribution is 8.08. The predicted octanol–water partition coefficient (Wildman–Crippen LogP) is 9.66. The Kier molecular flexibility index (Phi) is 8.58. The number of pyridine rings is 1. The van der Waals surface area contributed by atoms with Gasteiger partial charge >= 0.3 is 5.97 Å². The van der Waals surface area contributed by atoms with Crippen molar-refractivity contribution in [2.24, 2.45) is 5.41 Å². The molecule has 0 unspecified atom stereocenters. The molecule has 40 heavy (non-hydrogen) atoms. The van der Waals surface area contributed by atoms with E-state index in [4.69, 9.17) is 16.6 Å². The number of fused-ring (bicyclic) bond motifs is 1. The maximum absolute atomic E-state index is 11.5. The van der Waals surface area contributed by atoms with Gasteiger partial charge < -0.3 is 5.11 Å². The molecule has 4 aromatic rings. The Morgan fingerprint density at radius 3 is 2.62 bits per heavy atom. The summed E-state index contributed by atoms with van der Waals surface area (Å²) in [5, 5.41) is 11.1. The molecule has 0 atom stereocenters. The van der Waals surface area contributed by atoms with E-state index in [0.29, 0.717) is 5.02 Å². The molecule has 1 fully saturated rings. The first-order chi connectivity index (χ1) is 19.3. The summed E-state index contributed by atoms with van der Waals surface area (Å²) in [6.45, 7) is 6.19. The number of thioether (sulfide) groups is 1. The van der Waals surface area contributed by atoms with Crippen molar-refractivity contribution in [2.75, 3.05) is 5.75 Å². The first-order valence-electron chi connectivity index (χ1n) is 13.4. The minimum atomic E-state index is -0.712. The van der Waals surface area contributed by atoms with Crippen LogP contribution in [-0.4, -0.2) is 21.8 Å². The molecule has 1 saturated carbocycles. The summed E-state index contributed by atoms with van der Waals surface area (Å²) in [5.41, 5.74) is 7.31. The van der Waals surface area contributed by atoms with Gasteiger partial charge in [0, 0.05) is 21.1 Å². The van der Waals surface area contributed by atoms with Crippen LogP contribution in [-0.2, 0) is 11.2 Å². The number of halogens is 1. The van der Waals surface area contributed by atoms with Gasteiger partial charge in [-0.3, -0.25) is 4.79 Å². The fourth-order valence-electron chi connectivity index (χ4n) is 4.85. The number of carboxylic acids is 1. The lowest BCUT2D eigenvalue weighted by molar-refractivity contribution is -0.138. The molecule has 1 aromatic heterocycles. The molecule has 0 aliphatic heterocycles. The molecule has 0 saturated heterocycles. The normalized spacial score (nSPS) is 14.5. The van der Waals surface area contributed by atoms with E-state index in [0.717, 1.165) is 58.3 Å². The minimum absolute atomic E-state index is 0.0899. The zero-order valence-corrected chi connectivity index (χ0v) is 24.1. The largest absolute Gasteiger partial charge is 0.481 e. The monoisotopic (exact) mass is 565 g/mol. The van der Waals surface area contributed by atoms with Gasteiger partial charge in [-0.2, -0.15) is 0 Å². The molecular weight excluding hydrogens is 534 g/mol. The fourth-order valence-corrected chi connectivity index (χ4v) is 6.37. The third-order valence-corrected chi connectivity index (χ3v) is 9.00. The Morgan fingerprint density at radius 2 is 1.85 bits per heavy atom. The van der Waals surface area contributed by atoms with Gasteiger partial charge in [-0.1, -0.05) is 90.5 Å². The van der Waals surface area contributed by atoms with E-state index in [2.05, 4.69) is 67.3 Å². The number of carboxylic acid groups (broad SMARTS) is 1. The molecule has 0 spiro atoms. The van der Waals surface area contributed by atoms with Crippen molar-refractivity contribution in [2.45, 2.75) is 32.6 Å². The number of nitrogens with zero attached hydrogens (tertiary/aromatic N) is 1. The van der Waals surface area contributed by atoms with Crippen LogP contribution in [0.5, 0.6) is 0 Å². The first kappa shape index (κ1) is 27.9. The maximum Gasteiger partial charge on any atom is 0.303 e. The van der Waals surface area contributed by atoms with E-state index < -0.39 is 5.97 Å². The molecule has 5 heteroatoms. The van der Waals surface area contributed by atoms with E-state index >= 15 is 0 Å². The fraction of sp³-hybridized carbons (Fsp3) is 0.200. The second-order valence-corrected chi connectivity index (χ2v) is 12.1. The second kappa shape index (κ2) is 12.3. The number of aliphatic carboxylic acids is 1. The highest BCUT2D eigenvalue weighted by atomic mass is 35.5. The van der Waals surface area contributed by atoms with E-state index in [1.54, 1.807) is 11.8 Å². The summed E-state index contributed by atoms with van der Waals surface area (Å²) in [7, 11) is 0. The number of hydrogen-bond acceptors (Lipinski definition) is 3. The molecule has 202 valence electrons. The summed E-state index contributed by atoms with van der Waals surface area (Å²) < 4.78 is 0. The van der Waals surface area contributed by atoms with Gasteiger partial charge in [0.15, 0.2) is 0 Å². The molecule has 1 aliphatic carbocycles. The first-order valence-corrected chi connectivity index (χ1v) is 14.8. The molecule has 3 aromatic carbocycles. The van der Waals surface area contributed by atoms with Gasteiger partial charge in [-0.15, -0.1) is 11.8 Å². The highest BCUT2D eigenvalue weighted by Gasteiger charge is 2.44. The van der Waals surface area contributed by atoms with Gasteiger partial charge in [0.1, 0.15) is 0 Å². The summed E-state index contributed by atoms with van der Waals surface area (Å²) in [6, 6.07) is 26.7. The Balaban J connectivity index is 1.41. The standard InChI is InChI=1S/C35H32ClNO2S/c1-24(2)31-9-4-3-7-26(31)13-17-33(40-23-35(18-19-35)22-34(38)39)28-8-5-6-25(20-28)10-15-30-16-12-27-11-14-29(36)21-32(27)37-30/h3-12,14-17,20-21H,1,13,18-19,22-23H2,2H3,(H,38,39)/b15-10+,33-17-. The van der Waals surface area contributed by atoms with Gasteiger partial charge in [0.25, 0.3) is 0 Å². The Hall–Kier alpha value is -3.60. The van der Waals surface area contributed by atoms with Crippen molar-refractivity contribution in [1.82, 2.24) is 4.98 Å². The van der Waals surface area contributed by atoms with Crippen LogP contribution in [0.3, 0.4) is 0 Å². The van der Waals surface area contributed by atoms with Crippen LogP contribution in [0.2, 0.25) is 5.02 Å². The van der Waals surface area contributed by atoms with Crippen LogP contribution in [0, 0.1) is 5.41 Å². The lowest BCUT2D eigenvalue weighted by Gasteiger charge is -2.15. The molecule has 3 nitrogen and oxygen atoms in total. The third kappa shape index (κ3) is 7.12. The SMILES string of the molecule is C=C(C)c1ccccc1C/C=C(\SCC1(CC(=O)O)CC1)c1cccc(/C=C/c2ccc3ccc(Cl)cc3n2)c1. The molecule has 0 bridgehead atoms. The smallest absolute Gasteiger partial charge is 0.303 e. The van der Waals surface area contributed by atoms with Crippen molar-refractivity contribution in [3.63, 3.8) is 0 Å². The van der Waals surface area contributed by atoms with Gasteiger partial charge in [-0.25, -0.2) is 4.98 Å². The molecule has 5 rings (SSSR count). The summed E-state index contributed by atoms with van der Waals surface area (Å²) in [5.74, 6) is 0.0902. The lowest BCUT2D eigenvalue weighted by atomic mass is 9.99. The zero-order chi connectivity index (χ0) is 28.1. The van der Waals surface area contributed by atoms with Crippen LogP contribution >= 0.6 is 23.4 Å². The molecule has 0 radical (unpaired) electrons. The van der Waals surface area contributed by atoms with Crippen molar-refractivity contribution < 1.29 is 9.90 Å². The number of rotatable bonds is 11. The lowest BCUT2D eigenvalue weighted by Crippen LogP contribution is -2.11. The number of benzene rings is 3. The molecule has 1 aliphatic rings. The predicted molar refractivity (Wildman–Crippen MR) is 171 cm³/mol. The number of allylic oxidation sites excluding steroid dienone is 2. The quantitative estimate of drug-likeness (QED) is 0.197. The molecule has 1 heterocycles. The minimum Gasteiger partial charge on any atom is -0.481 e. The van der Waals surface area contributed by atoms with Crippen molar-refractivity contribution >= 4 is 62.9 Å². The third-order valence-electron chi connectivity index (χ3n) is 7.30. The Bertz CT molecular complexity index is 1630. The highest BCUT2D eigenvalue weighted by Crippen LogP contribution is 2.52. The average molecular weight is 566 g/mol. The summed E-state index contributed by atoms with van der Waals surface area (Å²) in [6.07, 6.45) is 9.34. The molecule has 1 N–H and O–H groups in total. The Labute approximate surface area is 245 Å². The Morgan fingerprint density at radius 1 is 1.05 bits per heavy atom. The van der Waals surface area contributed by atoms with Crippen molar-refractivity contribution in [3.8, 4) is 0 Å². The van der Waals surface area contributed by atoms with Crippen molar-refractivity contribution in [3.05, 3.63) is 124 Å². The molecular formula is C35H32ClNO2S. The van der Waals surface area contributed by atoms with E-state index in [1.807, 2.05) is 43.3 Å². The van der Waals surface area contributed by atoms with Crippen LogP contribution in [0.1, 0.15) is 54.1 Å². The molecule has 0 amide bonds. The van der Waals surface area contributed by atoms with Gasteiger partial charge in [0.05, 0.1) is 17.6 Å². The number of hydrogen-bond donors (Lipinski definition) is 1. The van der Waals surface area contributed by atoms with Gasteiger partial charge in [-0.05, 0) is 84.2 Å². The van der Waals surface area contributed by atoms with E-state index in [-0.39, 0.29) is 11.8 Å². The second-order valence-electron chi connectivity index (χ2n) is 10.6. The van der Waals surface area contributed by atoms with Gasteiger partial charge in [0.2, 0.25) is 0 Å². The number of aromatic nitrogens is 1. The van der Waals surface area contributed by atoms with Crippen LogP contribution in [0.4, 0.5) is 0 Å². The summed E-state index contributed by atoms with van der Waals surface area (Å²) in [4.78, 5) is 17.4.